The first-order chi connectivity index (χ1) is 8.30. The first kappa shape index (κ1) is 12.5. The third-order valence-corrected chi connectivity index (χ3v) is 3.60. The number of hydrogen-bond donors (Lipinski definition) is 1. The average Bonchev–Trinajstić information content (AvgIpc) is 2.65. The zero-order valence-corrected chi connectivity index (χ0v) is 10.4. The lowest BCUT2D eigenvalue weighted by molar-refractivity contribution is -0.0352. The molecule has 0 amide bonds. The van der Waals surface area contributed by atoms with Crippen molar-refractivity contribution in [2.75, 3.05) is 7.11 Å². The van der Waals surface area contributed by atoms with Gasteiger partial charge in [0, 0.05) is 25.1 Å². The molecule has 0 aromatic carbocycles. The van der Waals surface area contributed by atoms with E-state index in [1.54, 1.807) is 19.5 Å². The summed E-state index contributed by atoms with van der Waals surface area (Å²) in [5.74, 6) is 0.763. The molecule has 1 saturated carbocycles. The molecule has 0 radical (unpaired) electrons. The molecule has 17 heavy (non-hydrogen) atoms. The summed E-state index contributed by atoms with van der Waals surface area (Å²) in [5.41, 5.74) is 0.429. The van der Waals surface area contributed by atoms with Crippen molar-refractivity contribution < 1.29 is 9.84 Å². The Kier molecular flexibility index (Phi) is 4.07. The second-order valence-corrected chi connectivity index (χ2v) is 4.69. The Bertz CT molecular complexity index is 343. The number of rotatable bonds is 3. The van der Waals surface area contributed by atoms with Gasteiger partial charge in [0.05, 0.1) is 6.61 Å². The third kappa shape index (κ3) is 2.64. The Hall–Kier alpha value is -1.00. The number of aromatic nitrogens is 2. The van der Waals surface area contributed by atoms with Crippen molar-refractivity contribution in [2.24, 2.45) is 0 Å². The molecule has 1 aliphatic rings. The Balaban J connectivity index is 2.25. The average molecular weight is 236 g/mol. The topological polar surface area (TPSA) is 55.2 Å². The standard InChI is InChI=1S/C13H20N2O2/c1-17-13(6-4-2-3-5-7-13)12-14-8-11(10-16)9-15-12/h8-9,16H,2-7,10H2,1H3. The lowest BCUT2D eigenvalue weighted by atomic mass is 9.93. The monoisotopic (exact) mass is 236 g/mol. The summed E-state index contributed by atoms with van der Waals surface area (Å²) >= 11 is 0. The van der Waals surface area contributed by atoms with Gasteiger partial charge in [-0.1, -0.05) is 25.7 Å². The van der Waals surface area contributed by atoms with Crippen LogP contribution in [0.4, 0.5) is 0 Å². The lowest BCUT2D eigenvalue weighted by Crippen LogP contribution is -2.30. The van der Waals surface area contributed by atoms with Crippen molar-refractivity contribution in [1.29, 1.82) is 0 Å². The van der Waals surface area contributed by atoms with Crippen molar-refractivity contribution in [1.82, 2.24) is 9.97 Å². The summed E-state index contributed by atoms with van der Waals surface area (Å²) in [6.45, 7) is -0.0136. The van der Waals surface area contributed by atoms with Gasteiger partial charge in [-0.25, -0.2) is 9.97 Å². The molecule has 0 bridgehead atoms. The maximum Gasteiger partial charge on any atom is 0.160 e. The molecule has 0 aliphatic heterocycles. The summed E-state index contributed by atoms with van der Waals surface area (Å²) in [5, 5.41) is 8.99. The molecule has 1 fully saturated rings. The van der Waals surface area contributed by atoms with E-state index < -0.39 is 0 Å². The molecule has 1 N–H and O–H groups in total. The molecular formula is C13H20N2O2. The zero-order chi connectivity index (χ0) is 12.1. The largest absolute Gasteiger partial charge is 0.392 e. The van der Waals surface area contributed by atoms with E-state index in [9.17, 15) is 0 Å². The summed E-state index contributed by atoms with van der Waals surface area (Å²) in [7, 11) is 1.74. The van der Waals surface area contributed by atoms with Gasteiger partial charge in [-0.05, 0) is 12.8 Å². The Morgan fingerprint density at radius 3 is 2.24 bits per heavy atom. The zero-order valence-electron chi connectivity index (χ0n) is 10.4. The van der Waals surface area contributed by atoms with Crippen LogP contribution in [0, 0.1) is 0 Å². The highest BCUT2D eigenvalue weighted by Crippen LogP contribution is 2.36. The van der Waals surface area contributed by atoms with E-state index in [-0.39, 0.29) is 12.2 Å². The smallest absolute Gasteiger partial charge is 0.160 e. The second kappa shape index (κ2) is 5.56. The summed E-state index contributed by atoms with van der Waals surface area (Å²) in [6.07, 6.45) is 10.2. The molecule has 1 heterocycles. The van der Waals surface area contributed by atoms with Crippen molar-refractivity contribution in [3.05, 3.63) is 23.8 Å². The van der Waals surface area contributed by atoms with Gasteiger partial charge in [-0.2, -0.15) is 0 Å². The van der Waals surface area contributed by atoms with Crippen LogP contribution >= 0.6 is 0 Å². The fourth-order valence-corrected chi connectivity index (χ4v) is 2.49. The van der Waals surface area contributed by atoms with Crippen molar-refractivity contribution in [3.63, 3.8) is 0 Å². The normalized spacial score (nSPS) is 19.9. The molecule has 1 aromatic rings. The molecular weight excluding hydrogens is 216 g/mol. The minimum Gasteiger partial charge on any atom is -0.392 e. The number of nitrogens with zero attached hydrogens (tertiary/aromatic N) is 2. The van der Waals surface area contributed by atoms with E-state index in [0.717, 1.165) is 24.2 Å². The van der Waals surface area contributed by atoms with Crippen LogP contribution < -0.4 is 0 Å². The molecule has 0 atom stereocenters. The predicted molar refractivity (Wildman–Crippen MR) is 64.3 cm³/mol. The van der Waals surface area contributed by atoms with E-state index in [0.29, 0.717) is 0 Å². The van der Waals surface area contributed by atoms with Crippen molar-refractivity contribution in [2.45, 2.75) is 50.7 Å². The lowest BCUT2D eigenvalue weighted by Gasteiger charge is -2.29. The highest BCUT2D eigenvalue weighted by molar-refractivity contribution is 5.09. The minimum absolute atomic E-state index is 0.0136. The van der Waals surface area contributed by atoms with Crippen LogP contribution in [-0.4, -0.2) is 22.2 Å². The highest BCUT2D eigenvalue weighted by Gasteiger charge is 2.35. The molecule has 1 aliphatic carbocycles. The van der Waals surface area contributed by atoms with Gasteiger partial charge in [-0.3, -0.25) is 0 Å². The predicted octanol–water partition coefficient (Wildman–Crippen LogP) is 2.16. The van der Waals surface area contributed by atoms with Crippen LogP contribution in [-0.2, 0) is 16.9 Å². The first-order valence-electron chi connectivity index (χ1n) is 6.28. The van der Waals surface area contributed by atoms with E-state index in [1.807, 2.05) is 0 Å². The van der Waals surface area contributed by atoms with Crippen LogP contribution in [0.25, 0.3) is 0 Å². The number of hydrogen-bond acceptors (Lipinski definition) is 4. The van der Waals surface area contributed by atoms with Gasteiger partial charge < -0.3 is 9.84 Å². The highest BCUT2D eigenvalue weighted by atomic mass is 16.5. The van der Waals surface area contributed by atoms with Crippen molar-refractivity contribution in [3.8, 4) is 0 Å². The molecule has 94 valence electrons. The Morgan fingerprint density at radius 1 is 1.18 bits per heavy atom. The van der Waals surface area contributed by atoms with Gasteiger partial charge >= 0.3 is 0 Å². The van der Waals surface area contributed by atoms with E-state index in [4.69, 9.17) is 9.84 Å². The molecule has 2 rings (SSSR count). The van der Waals surface area contributed by atoms with Gasteiger partial charge in [0.1, 0.15) is 5.60 Å². The molecule has 0 spiro atoms. The number of aliphatic hydroxyl groups is 1. The SMILES string of the molecule is COC1(c2ncc(CO)cn2)CCCCCC1. The molecule has 1 aromatic heterocycles. The molecule has 0 saturated heterocycles. The first-order valence-corrected chi connectivity index (χ1v) is 6.28. The van der Waals surface area contributed by atoms with Crippen LogP contribution in [0.15, 0.2) is 12.4 Å². The van der Waals surface area contributed by atoms with Crippen LogP contribution in [0.3, 0.4) is 0 Å². The minimum atomic E-state index is -0.315. The Morgan fingerprint density at radius 2 is 1.76 bits per heavy atom. The van der Waals surface area contributed by atoms with E-state index in [1.165, 1.54) is 25.7 Å². The summed E-state index contributed by atoms with van der Waals surface area (Å²) in [6, 6.07) is 0. The van der Waals surface area contributed by atoms with Gasteiger partial charge in [-0.15, -0.1) is 0 Å². The third-order valence-electron chi connectivity index (χ3n) is 3.60. The molecule has 4 nitrogen and oxygen atoms in total. The van der Waals surface area contributed by atoms with Gasteiger partial charge in [0.2, 0.25) is 0 Å². The van der Waals surface area contributed by atoms with Crippen LogP contribution in [0.2, 0.25) is 0 Å². The summed E-state index contributed by atoms with van der Waals surface area (Å²) in [4.78, 5) is 8.72. The van der Waals surface area contributed by atoms with E-state index >= 15 is 0 Å². The van der Waals surface area contributed by atoms with Crippen molar-refractivity contribution >= 4 is 0 Å². The fourth-order valence-electron chi connectivity index (χ4n) is 2.49. The summed E-state index contributed by atoms with van der Waals surface area (Å²) < 4.78 is 5.73. The number of ether oxygens (including phenoxy) is 1. The maximum atomic E-state index is 8.99. The maximum absolute atomic E-state index is 8.99. The van der Waals surface area contributed by atoms with Crippen LogP contribution in [0.5, 0.6) is 0 Å². The number of methoxy groups -OCH3 is 1. The van der Waals surface area contributed by atoms with Crippen LogP contribution in [0.1, 0.15) is 49.9 Å². The molecule has 4 heteroatoms. The number of aliphatic hydroxyl groups excluding tert-OH is 1. The Labute approximate surface area is 102 Å². The second-order valence-electron chi connectivity index (χ2n) is 4.69. The molecule has 0 unspecified atom stereocenters. The van der Waals surface area contributed by atoms with E-state index in [2.05, 4.69) is 9.97 Å². The fraction of sp³-hybridized carbons (Fsp3) is 0.692. The van der Waals surface area contributed by atoms with Gasteiger partial charge in [0.15, 0.2) is 5.82 Å². The van der Waals surface area contributed by atoms with Gasteiger partial charge in [0.25, 0.3) is 0 Å². The quantitative estimate of drug-likeness (QED) is 0.817.